The number of para-hydroxylation sites is 1. The van der Waals surface area contributed by atoms with Crippen LogP contribution >= 0.6 is 23.2 Å². The third-order valence-electron chi connectivity index (χ3n) is 8.00. The van der Waals surface area contributed by atoms with Crippen LogP contribution in [0.25, 0.3) is 0 Å². The highest BCUT2D eigenvalue weighted by molar-refractivity contribution is 6.42. The predicted molar refractivity (Wildman–Crippen MR) is 142 cm³/mol. The van der Waals surface area contributed by atoms with Crippen LogP contribution in [0, 0.1) is 5.92 Å². The predicted octanol–water partition coefficient (Wildman–Crippen LogP) is 4.99. The Labute approximate surface area is 222 Å². The highest BCUT2D eigenvalue weighted by Crippen LogP contribution is 2.43. The largest absolute Gasteiger partial charge is 0.496 e. The lowest BCUT2D eigenvalue weighted by molar-refractivity contribution is -0.131. The first kappa shape index (κ1) is 25.4. The molecular formula is C28H33Cl2N3O3. The molecule has 2 aromatic carbocycles. The number of amides is 2. The normalized spacial score (nSPS) is 23.0. The molecule has 36 heavy (non-hydrogen) atoms. The van der Waals surface area contributed by atoms with Gasteiger partial charge < -0.3 is 15.0 Å². The summed E-state index contributed by atoms with van der Waals surface area (Å²) < 4.78 is 5.60. The third kappa shape index (κ3) is 5.36. The third-order valence-corrected chi connectivity index (χ3v) is 8.74. The molecule has 0 bridgehead atoms. The molecule has 1 aliphatic carbocycles. The minimum Gasteiger partial charge on any atom is -0.496 e. The van der Waals surface area contributed by atoms with E-state index in [0.29, 0.717) is 33.5 Å². The van der Waals surface area contributed by atoms with Gasteiger partial charge in [0.2, 0.25) is 5.91 Å². The summed E-state index contributed by atoms with van der Waals surface area (Å²) in [5.41, 5.74) is 1.70. The first-order chi connectivity index (χ1) is 17.5. The number of likely N-dealkylation sites (tertiary alicyclic amines) is 2. The van der Waals surface area contributed by atoms with Crippen molar-refractivity contribution in [2.24, 2.45) is 5.92 Å². The number of nitrogens with one attached hydrogen (secondary N) is 1. The minimum atomic E-state index is -0.320. The van der Waals surface area contributed by atoms with Crippen molar-refractivity contribution < 1.29 is 14.3 Å². The van der Waals surface area contributed by atoms with Crippen molar-refractivity contribution in [1.82, 2.24) is 15.1 Å². The number of carbonyl (C=O) groups is 2. The van der Waals surface area contributed by atoms with Gasteiger partial charge in [-0.1, -0.05) is 41.4 Å². The van der Waals surface area contributed by atoms with Crippen LogP contribution in [0.15, 0.2) is 42.5 Å². The number of ether oxygens (including phenoxy) is 1. The molecular weight excluding hydrogens is 497 g/mol. The van der Waals surface area contributed by atoms with Gasteiger partial charge in [-0.05, 0) is 86.9 Å². The molecule has 2 atom stereocenters. The summed E-state index contributed by atoms with van der Waals surface area (Å²) in [6.45, 7) is 2.81. The van der Waals surface area contributed by atoms with E-state index in [9.17, 15) is 9.59 Å². The van der Waals surface area contributed by atoms with Gasteiger partial charge in [-0.3, -0.25) is 14.5 Å². The zero-order valence-electron chi connectivity index (χ0n) is 20.6. The van der Waals surface area contributed by atoms with Crippen LogP contribution in [0.5, 0.6) is 5.75 Å². The summed E-state index contributed by atoms with van der Waals surface area (Å²) in [6, 6.07) is 13.7. The number of benzene rings is 2. The first-order valence-electron chi connectivity index (χ1n) is 12.9. The molecule has 0 spiro atoms. The summed E-state index contributed by atoms with van der Waals surface area (Å²) in [4.78, 5) is 30.4. The van der Waals surface area contributed by atoms with Gasteiger partial charge in [0.05, 0.1) is 29.7 Å². The summed E-state index contributed by atoms with van der Waals surface area (Å²) in [6.07, 6.45) is 5.55. The van der Waals surface area contributed by atoms with Gasteiger partial charge in [0.1, 0.15) is 5.75 Å². The number of carbonyl (C=O) groups excluding carboxylic acids is 2. The fourth-order valence-electron chi connectivity index (χ4n) is 6.04. The lowest BCUT2D eigenvalue weighted by Gasteiger charge is -2.40. The van der Waals surface area contributed by atoms with E-state index in [4.69, 9.17) is 27.9 Å². The smallest absolute Gasteiger partial charge is 0.251 e. The molecule has 5 rings (SSSR count). The SMILES string of the molecule is COc1ccccc1C1CCN([C@@H]2CCN(C(=O)CNC(=O)c3ccc(Cl)c(Cl)c3)[C@@H]2C2CC2)CC1. The highest BCUT2D eigenvalue weighted by atomic mass is 35.5. The first-order valence-corrected chi connectivity index (χ1v) is 13.6. The summed E-state index contributed by atoms with van der Waals surface area (Å²) in [5.74, 6) is 1.73. The Morgan fingerprint density at radius 2 is 1.72 bits per heavy atom. The van der Waals surface area contributed by atoms with Crippen molar-refractivity contribution >= 4 is 35.0 Å². The van der Waals surface area contributed by atoms with Gasteiger partial charge in [0.25, 0.3) is 5.91 Å². The quantitative estimate of drug-likeness (QED) is 0.548. The zero-order chi connectivity index (χ0) is 25.2. The van der Waals surface area contributed by atoms with Crippen molar-refractivity contribution in [3.05, 3.63) is 63.6 Å². The Hall–Kier alpha value is -2.28. The molecule has 0 unspecified atom stereocenters. The maximum Gasteiger partial charge on any atom is 0.251 e. The monoisotopic (exact) mass is 529 g/mol. The Balaban J connectivity index is 1.19. The van der Waals surface area contributed by atoms with Crippen LogP contribution in [0.3, 0.4) is 0 Å². The lowest BCUT2D eigenvalue weighted by atomic mass is 9.87. The highest BCUT2D eigenvalue weighted by Gasteiger charge is 2.48. The van der Waals surface area contributed by atoms with Crippen LogP contribution in [0.2, 0.25) is 10.0 Å². The molecule has 6 nitrogen and oxygen atoms in total. The number of nitrogens with zero attached hydrogens (tertiary/aromatic N) is 2. The Bertz CT molecular complexity index is 1110. The van der Waals surface area contributed by atoms with E-state index in [1.807, 2.05) is 17.0 Å². The molecule has 1 N–H and O–H groups in total. The van der Waals surface area contributed by atoms with Crippen molar-refractivity contribution in [3.63, 3.8) is 0 Å². The van der Waals surface area contributed by atoms with Crippen molar-refractivity contribution in [2.75, 3.05) is 33.3 Å². The van der Waals surface area contributed by atoms with E-state index in [1.54, 1.807) is 19.2 Å². The number of hydrogen-bond acceptors (Lipinski definition) is 4. The van der Waals surface area contributed by atoms with E-state index in [1.165, 1.54) is 24.5 Å². The summed E-state index contributed by atoms with van der Waals surface area (Å²) in [5, 5.41) is 3.49. The van der Waals surface area contributed by atoms with Gasteiger partial charge in [-0.15, -0.1) is 0 Å². The maximum absolute atomic E-state index is 13.2. The van der Waals surface area contributed by atoms with Crippen molar-refractivity contribution in [3.8, 4) is 5.75 Å². The zero-order valence-corrected chi connectivity index (χ0v) is 22.1. The van der Waals surface area contributed by atoms with E-state index in [-0.39, 0.29) is 24.4 Å². The number of rotatable bonds is 7. The molecule has 3 fully saturated rings. The molecule has 2 saturated heterocycles. The Kier molecular flexibility index (Phi) is 7.75. The second-order valence-corrected chi connectivity index (χ2v) is 10.9. The topological polar surface area (TPSA) is 61.9 Å². The summed E-state index contributed by atoms with van der Waals surface area (Å²) >= 11 is 12.0. The Morgan fingerprint density at radius 1 is 0.972 bits per heavy atom. The fraction of sp³-hybridized carbons (Fsp3) is 0.500. The van der Waals surface area contributed by atoms with E-state index in [0.717, 1.165) is 44.6 Å². The van der Waals surface area contributed by atoms with E-state index in [2.05, 4.69) is 22.3 Å². The Morgan fingerprint density at radius 3 is 2.42 bits per heavy atom. The van der Waals surface area contributed by atoms with Gasteiger partial charge in [-0.2, -0.15) is 0 Å². The van der Waals surface area contributed by atoms with Crippen LogP contribution in [-0.2, 0) is 4.79 Å². The molecule has 2 heterocycles. The molecule has 2 amide bonds. The molecule has 2 aliphatic heterocycles. The van der Waals surface area contributed by atoms with E-state index < -0.39 is 0 Å². The van der Waals surface area contributed by atoms with Gasteiger partial charge in [0.15, 0.2) is 0 Å². The number of hydrogen-bond donors (Lipinski definition) is 1. The molecule has 3 aliphatic rings. The van der Waals surface area contributed by atoms with E-state index >= 15 is 0 Å². The van der Waals surface area contributed by atoms with Gasteiger partial charge in [-0.25, -0.2) is 0 Å². The number of halogens is 2. The minimum absolute atomic E-state index is 0.00767. The molecule has 192 valence electrons. The van der Waals surface area contributed by atoms with Crippen LogP contribution < -0.4 is 10.1 Å². The molecule has 0 aromatic heterocycles. The van der Waals surface area contributed by atoms with Crippen molar-refractivity contribution in [2.45, 2.75) is 50.1 Å². The van der Waals surface area contributed by atoms with Crippen LogP contribution in [-0.4, -0.2) is 67.0 Å². The second kappa shape index (κ2) is 11.0. The average Bonchev–Trinajstić information content (AvgIpc) is 3.66. The maximum atomic E-state index is 13.2. The second-order valence-electron chi connectivity index (χ2n) is 10.1. The van der Waals surface area contributed by atoms with Gasteiger partial charge >= 0.3 is 0 Å². The van der Waals surface area contributed by atoms with Crippen LogP contribution in [0.4, 0.5) is 0 Å². The molecule has 8 heteroatoms. The van der Waals surface area contributed by atoms with Crippen molar-refractivity contribution in [1.29, 1.82) is 0 Å². The molecule has 0 radical (unpaired) electrons. The summed E-state index contributed by atoms with van der Waals surface area (Å²) in [7, 11) is 1.74. The fourth-order valence-corrected chi connectivity index (χ4v) is 6.34. The number of piperidine rings is 1. The molecule has 1 saturated carbocycles. The van der Waals surface area contributed by atoms with Gasteiger partial charge in [0, 0.05) is 18.2 Å². The van der Waals surface area contributed by atoms with Crippen LogP contribution in [0.1, 0.15) is 53.9 Å². The lowest BCUT2D eigenvalue weighted by Crippen LogP contribution is -2.51. The number of methoxy groups -OCH3 is 1. The molecule has 2 aromatic rings. The standard InChI is InChI=1S/C28H33Cl2N3O3/c1-36-25-5-3-2-4-21(25)18-10-13-32(14-11-18)24-12-15-33(27(24)19-6-7-19)26(34)17-31-28(35)20-8-9-22(29)23(30)16-20/h2-5,8-9,16,18-19,24,27H,6-7,10-15,17H2,1H3,(H,31,35)/t24-,27-/m1/s1. The average molecular weight is 530 g/mol.